The topological polar surface area (TPSA) is 0 Å². The quantitative estimate of drug-likeness (QED) is 0.481. The average molecular weight is 368 g/mol. The van der Waals surface area contributed by atoms with E-state index in [1.165, 1.54) is 34.6 Å². The van der Waals surface area contributed by atoms with Gasteiger partial charge in [-0.2, -0.15) is 0 Å². The van der Waals surface area contributed by atoms with E-state index in [0.29, 0.717) is 0 Å². The summed E-state index contributed by atoms with van der Waals surface area (Å²) in [5, 5.41) is 0. The molecule has 0 radical (unpaired) electrons. The molecule has 1 heteroatoms. The maximum atomic E-state index is 2.31. The highest BCUT2D eigenvalue weighted by atomic mass is 32.2. The van der Waals surface area contributed by atoms with Gasteiger partial charge in [0.15, 0.2) is 9.79 Å². The lowest BCUT2D eigenvalue weighted by molar-refractivity contribution is 1.01. The van der Waals surface area contributed by atoms with Crippen LogP contribution in [0.5, 0.6) is 0 Å². The molecule has 2 aromatic carbocycles. The Labute approximate surface area is 164 Å². The van der Waals surface area contributed by atoms with Gasteiger partial charge in [-0.3, -0.25) is 0 Å². The van der Waals surface area contributed by atoms with Crippen molar-refractivity contribution < 1.29 is 0 Å². The zero-order valence-electron chi connectivity index (χ0n) is 17.2. The van der Waals surface area contributed by atoms with Crippen LogP contribution in [0.15, 0.2) is 87.5 Å². The number of aryl methyl sites for hydroxylation is 1. The minimum atomic E-state index is 0.0639. The van der Waals surface area contributed by atoms with Gasteiger partial charge in [-0.1, -0.05) is 88.6 Å². The van der Waals surface area contributed by atoms with Crippen molar-refractivity contribution in [3.8, 4) is 0 Å². The summed E-state index contributed by atoms with van der Waals surface area (Å²) < 4.78 is 0. The zero-order chi connectivity index (χ0) is 19.2. The Kier molecular flexibility index (Phi) is 11.6. The fourth-order valence-corrected chi connectivity index (χ4v) is 4.67. The summed E-state index contributed by atoms with van der Waals surface area (Å²) in [6, 6.07) is 19.9. The fourth-order valence-electron chi connectivity index (χ4n) is 2.42. The molecular formula is C25H35S+. The van der Waals surface area contributed by atoms with Gasteiger partial charge >= 0.3 is 0 Å². The van der Waals surface area contributed by atoms with Crippen LogP contribution in [0.3, 0.4) is 0 Å². The summed E-state index contributed by atoms with van der Waals surface area (Å²) >= 11 is 0. The van der Waals surface area contributed by atoms with Crippen molar-refractivity contribution in [3.63, 3.8) is 0 Å². The molecule has 0 fully saturated rings. The van der Waals surface area contributed by atoms with Crippen LogP contribution in [0, 0.1) is 6.92 Å². The van der Waals surface area contributed by atoms with Gasteiger partial charge in [0.25, 0.3) is 0 Å². The molecule has 0 aromatic heterocycles. The van der Waals surface area contributed by atoms with Gasteiger partial charge < -0.3 is 0 Å². The number of hydrogen-bond acceptors (Lipinski definition) is 0. The average Bonchev–Trinajstić information content (AvgIpc) is 2.67. The molecule has 0 N–H and O–H groups in total. The van der Waals surface area contributed by atoms with E-state index in [1.807, 2.05) is 0 Å². The summed E-state index contributed by atoms with van der Waals surface area (Å²) in [5.41, 5.74) is 1.32. The molecule has 1 aliphatic rings. The zero-order valence-corrected chi connectivity index (χ0v) is 18.0. The van der Waals surface area contributed by atoms with Crippen LogP contribution in [-0.2, 0) is 10.9 Å². The van der Waals surface area contributed by atoms with Gasteiger partial charge in [0.1, 0.15) is 4.91 Å². The molecule has 0 heterocycles. The lowest BCUT2D eigenvalue weighted by atomic mass is 10.2. The Morgan fingerprint density at radius 2 is 1.31 bits per heavy atom. The molecule has 1 atom stereocenters. The summed E-state index contributed by atoms with van der Waals surface area (Å²) in [7, 11) is 0.0639. The smallest absolute Gasteiger partial charge is 0.0839 e. The van der Waals surface area contributed by atoms with Crippen LogP contribution in [0.2, 0.25) is 0 Å². The van der Waals surface area contributed by atoms with Crippen molar-refractivity contribution >= 4 is 10.9 Å². The van der Waals surface area contributed by atoms with Crippen LogP contribution in [-0.4, -0.2) is 0 Å². The van der Waals surface area contributed by atoms with Gasteiger partial charge in [0, 0.05) is 6.42 Å². The summed E-state index contributed by atoms with van der Waals surface area (Å²) in [6.45, 7) is 10.6. The van der Waals surface area contributed by atoms with Crippen molar-refractivity contribution in [1.29, 1.82) is 0 Å². The molecule has 0 amide bonds. The Hall–Kier alpha value is -1.73. The maximum absolute atomic E-state index is 2.31. The van der Waals surface area contributed by atoms with Crippen LogP contribution in [0.25, 0.3) is 0 Å². The van der Waals surface area contributed by atoms with Crippen LogP contribution < -0.4 is 0 Å². The Bertz CT molecular complexity index is 648. The van der Waals surface area contributed by atoms with E-state index in [-0.39, 0.29) is 10.9 Å². The van der Waals surface area contributed by atoms with Crippen molar-refractivity contribution in [1.82, 2.24) is 0 Å². The van der Waals surface area contributed by atoms with Gasteiger partial charge in [0.05, 0.1) is 10.9 Å². The molecule has 140 valence electrons. The minimum absolute atomic E-state index is 0.0639. The normalized spacial score (nSPS) is 13.5. The Balaban J connectivity index is 0.000000499. The highest BCUT2D eigenvalue weighted by Gasteiger charge is 2.30. The highest BCUT2D eigenvalue weighted by Crippen LogP contribution is 2.34. The van der Waals surface area contributed by atoms with Crippen molar-refractivity contribution in [2.45, 2.75) is 70.1 Å². The van der Waals surface area contributed by atoms with Crippen LogP contribution >= 0.6 is 0 Å². The van der Waals surface area contributed by atoms with E-state index in [1.54, 1.807) is 4.91 Å². The molecule has 0 nitrogen and oxygen atoms in total. The van der Waals surface area contributed by atoms with Crippen molar-refractivity contribution in [2.75, 3.05) is 0 Å². The molecule has 1 unspecified atom stereocenters. The first-order valence-electron chi connectivity index (χ1n) is 9.89. The van der Waals surface area contributed by atoms with Crippen molar-refractivity contribution in [3.05, 3.63) is 83.3 Å². The lowest BCUT2D eigenvalue weighted by Gasteiger charge is -2.12. The molecular weight excluding hydrogens is 332 g/mol. The molecule has 0 saturated heterocycles. The highest BCUT2D eigenvalue weighted by molar-refractivity contribution is 8.00. The van der Waals surface area contributed by atoms with E-state index in [9.17, 15) is 0 Å². The molecule has 0 spiro atoms. The molecule has 0 saturated carbocycles. The first-order valence-corrected chi connectivity index (χ1v) is 11.1. The second-order valence-electron chi connectivity index (χ2n) is 6.45. The predicted octanol–water partition coefficient (Wildman–Crippen LogP) is 8.10. The summed E-state index contributed by atoms with van der Waals surface area (Å²) in [5.74, 6) is 0. The lowest BCUT2D eigenvalue weighted by Crippen LogP contribution is -2.08. The largest absolute Gasteiger partial charge is 0.166 e. The van der Waals surface area contributed by atoms with E-state index >= 15 is 0 Å². The van der Waals surface area contributed by atoms with Gasteiger partial charge in [-0.15, -0.1) is 0 Å². The second-order valence-corrected chi connectivity index (χ2v) is 8.53. The molecule has 0 aliphatic heterocycles. The SMILES string of the molecule is CCC.CCC.Cc1ccc([S+](C2=CC=CCC2)c2ccccc2)cc1. The van der Waals surface area contributed by atoms with Crippen LogP contribution in [0.1, 0.15) is 58.9 Å². The van der Waals surface area contributed by atoms with E-state index in [0.717, 1.165) is 6.42 Å². The molecule has 1 aliphatic carbocycles. The fraction of sp³-hybridized carbons (Fsp3) is 0.360. The van der Waals surface area contributed by atoms with E-state index in [4.69, 9.17) is 0 Å². The standard InChI is InChI=1S/C19H19S.2C3H8/c1-16-12-14-19(15-13-16)20(17-8-4-2-5-9-17)18-10-6-3-7-11-18;2*1-3-2/h2-6,8-10,12-15H,7,11H2,1H3;2*3H2,1-2H3/q+1;;. The summed E-state index contributed by atoms with van der Waals surface area (Å²) in [4.78, 5) is 4.38. The summed E-state index contributed by atoms with van der Waals surface area (Å²) in [6.07, 6.45) is 11.6. The third-order valence-electron chi connectivity index (χ3n) is 3.47. The van der Waals surface area contributed by atoms with E-state index in [2.05, 4.69) is 107 Å². The minimum Gasteiger partial charge on any atom is -0.0839 e. The number of hydrogen-bond donors (Lipinski definition) is 0. The second kappa shape index (κ2) is 13.5. The Morgan fingerprint density at radius 3 is 1.81 bits per heavy atom. The van der Waals surface area contributed by atoms with Crippen LogP contribution in [0.4, 0.5) is 0 Å². The first-order chi connectivity index (χ1) is 12.7. The van der Waals surface area contributed by atoms with Crippen molar-refractivity contribution in [2.24, 2.45) is 0 Å². The molecule has 2 aromatic rings. The first kappa shape index (κ1) is 22.3. The Morgan fingerprint density at radius 1 is 0.769 bits per heavy atom. The third-order valence-corrected chi connectivity index (χ3v) is 5.83. The monoisotopic (exact) mass is 367 g/mol. The molecule has 26 heavy (non-hydrogen) atoms. The predicted molar refractivity (Wildman–Crippen MR) is 120 cm³/mol. The number of rotatable bonds is 3. The number of benzene rings is 2. The molecule has 0 bridgehead atoms. The third kappa shape index (κ3) is 7.66. The molecule has 3 rings (SSSR count). The maximum Gasteiger partial charge on any atom is 0.166 e. The van der Waals surface area contributed by atoms with Gasteiger partial charge in [0.2, 0.25) is 0 Å². The van der Waals surface area contributed by atoms with Gasteiger partial charge in [-0.25, -0.2) is 0 Å². The van der Waals surface area contributed by atoms with E-state index < -0.39 is 0 Å². The van der Waals surface area contributed by atoms with Gasteiger partial charge in [-0.05, 0) is 43.7 Å². The number of allylic oxidation sites excluding steroid dienone is 4.